The molecule has 3 N–H and O–H groups in total. The molecule has 0 saturated carbocycles. The third-order valence-electron chi connectivity index (χ3n) is 5.57. The maximum absolute atomic E-state index is 12.9. The lowest BCUT2D eigenvalue weighted by molar-refractivity contribution is 0.0719. The molecular formula is C18H21ClN6O2. The van der Waals surface area contributed by atoms with Gasteiger partial charge in [0.2, 0.25) is 5.95 Å². The zero-order valence-corrected chi connectivity index (χ0v) is 15.5. The summed E-state index contributed by atoms with van der Waals surface area (Å²) in [4.78, 5) is 28.9. The van der Waals surface area contributed by atoms with Crippen LogP contribution in [0.3, 0.4) is 0 Å². The van der Waals surface area contributed by atoms with Gasteiger partial charge in [-0.2, -0.15) is 0 Å². The van der Waals surface area contributed by atoms with Crippen molar-refractivity contribution < 1.29 is 9.90 Å². The average Bonchev–Trinajstić information content (AvgIpc) is 3.17. The van der Waals surface area contributed by atoms with Crippen LogP contribution in [-0.4, -0.2) is 68.6 Å². The Kier molecular flexibility index (Phi) is 4.71. The molecule has 4 heterocycles. The summed E-state index contributed by atoms with van der Waals surface area (Å²) in [6.45, 7) is 3.38. The lowest BCUT2D eigenvalue weighted by atomic mass is 9.82. The van der Waals surface area contributed by atoms with Crippen LogP contribution in [0.15, 0.2) is 30.9 Å². The van der Waals surface area contributed by atoms with Gasteiger partial charge in [0.15, 0.2) is 0 Å². The number of amides is 1. The second kappa shape index (κ2) is 7.03. The number of hydrogen-bond donors (Lipinski definition) is 2. The van der Waals surface area contributed by atoms with E-state index in [9.17, 15) is 9.90 Å². The number of likely N-dealkylation sites (tertiary alicyclic amines) is 2. The van der Waals surface area contributed by atoms with Crippen molar-refractivity contribution in [2.75, 3.05) is 38.5 Å². The number of carbonyl (C=O) groups is 1. The van der Waals surface area contributed by atoms with Crippen molar-refractivity contribution in [3.63, 3.8) is 0 Å². The predicted molar refractivity (Wildman–Crippen MR) is 99.9 cm³/mol. The van der Waals surface area contributed by atoms with E-state index >= 15 is 0 Å². The van der Waals surface area contributed by atoms with E-state index in [-0.39, 0.29) is 29.8 Å². The fourth-order valence-corrected chi connectivity index (χ4v) is 4.41. The standard InChI is InChI=1S/C18H21ClN6O2/c19-15-5-21-2-1-14(15)16(27)25-8-13-7-24(9-18(13,10-25)11-26)6-12-3-22-17(20)23-4-12/h1-5,13,26H,6-11H2,(H2,20,22,23). The molecule has 4 rings (SSSR count). The van der Waals surface area contributed by atoms with Crippen LogP contribution in [0.1, 0.15) is 15.9 Å². The summed E-state index contributed by atoms with van der Waals surface area (Å²) >= 11 is 6.12. The number of nitrogens with two attached hydrogens (primary N) is 1. The second-order valence-corrected chi connectivity index (χ2v) is 7.78. The fraction of sp³-hybridized carbons (Fsp3) is 0.444. The van der Waals surface area contributed by atoms with Crippen LogP contribution in [-0.2, 0) is 6.54 Å². The normalized spacial score (nSPS) is 25.0. The third-order valence-corrected chi connectivity index (χ3v) is 5.87. The molecule has 0 radical (unpaired) electrons. The van der Waals surface area contributed by atoms with E-state index in [0.717, 1.165) is 12.1 Å². The van der Waals surface area contributed by atoms with Crippen molar-refractivity contribution in [3.05, 3.63) is 47.0 Å². The number of aliphatic hydroxyl groups is 1. The van der Waals surface area contributed by atoms with Crippen LogP contribution in [0, 0.1) is 11.3 Å². The van der Waals surface area contributed by atoms with Crippen molar-refractivity contribution in [1.29, 1.82) is 0 Å². The lowest BCUT2D eigenvalue weighted by Gasteiger charge is -2.27. The van der Waals surface area contributed by atoms with E-state index in [0.29, 0.717) is 36.8 Å². The molecule has 1 amide bonds. The summed E-state index contributed by atoms with van der Waals surface area (Å²) in [5.41, 5.74) is 6.65. The molecule has 2 aromatic heterocycles. The van der Waals surface area contributed by atoms with Crippen molar-refractivity contribution in [2.24, 2.45) is 11.3 Å². The Bertz CT molecular complexity index is 848. The summed E-state index contributed by atoms with van der Waals surface area (Å²) in [6, 6.07) is 1.64. The first-order valence-electron chi connectivity index (χ1n) is 8.79. The quantitative estimate of drug-likeness (QED) is 0.792. The van der Waals surface area contributed by atoms with Gasteiger partial charge >= 0.3 is 0 Å². The van der Waals surface area contributed by atoms with E-state index in [1.165, 1.54) is 6.20 Å². The summed E-state index contributed by atoms with van der Waals surface area (Å²) in [7, 11) is 0. The van der Waals surface area contributed by atoms with Gasteiger partial charge in [0, 0.05) is 68.5 Å². The lowest BCUT2D eigenvalue weighted by Crippen LogP contribution is -2.39. The smallest absolute Gasteiger partial charge is 0.255 e. The SMILES string of the molecule is Nc1ncc(CN2CC3CN(C(=O)c4ccncc4Cl)CC3(CO)C2)cn1. The minimum Gasteiger partial charge on any atom is -0.396 e. The highest BCUT2D eigenvalue weighted by Crippen LogP contribution is 2.43. The minimum absolute atomic E-state index is 0.0419. The maximum Gasteiger partial charge on any atom is 0.255 e. The Balaban J connectivity index is 1.46. The molecule has 0 aromatic carbocycles. The molecule has 9 heteroatoms. The molecule has 2 aromatic rings. The van der Waals surface area contributed by atoms with Crippen LogP contribution in [0.25, 0.3) is 0 Å². The van der Waals surface area contributed by atoms with Crippen LogP contribution in [0.4, 0.5) is 5.95 Å². The number of aromatic nitrogens is 3. The number of halogens is 1. The monoisotopic (exact) mass is 388 g/mol. The van der Waals surface area contributed by atoms with Gasteiger partial charge in [0.1, 0.15) is 0 Å². The molecule has 2 unspecified atom stereocenters. The Morgan fingerprint density at radius 1 is 1.30 bits per heavy atom. The average molecular weight is 389 g/mol. The minimum atomic E-state index is -0.316. The summed E-state index contributed by atoms with van der Waals surface area (Å²) in [6.07, 6.45) is 6.49. The van der Waals surface area contributed by atoms with Gasteiger partial charge in [-0.3, -0.25) is 14.7 Å². The number of nitrogen functional groups attached to an aromatic ring is 1. The Hall–Kier alpha value is -2.29. The van der Waals surface area contributed by atoms with Gasteiger partial charge in [0.25, 0.3) is 5.91 Å². The van der Waals surface area contributed by atoms with E-state index in [4.69, 9.17) is 17.3 Å². The molecule has 2 fully saturated rings. The van der Waals surface area contributed by atoms with E-state index in [1.807, 2.05) is 0 Å². The zero-order chi connectivity index (χ0) is 19.0. The summed E-state index contributed by atoms with van der Waals surface area (Å²) < 4.78 is 0. The number of rotatable bonds is 4. The molecule has 2 aliphatic heterocycles. The Morgan fingerprint density at radius 3 is 2.74 bits per heavy atom. The number of nitrogens with zero attached hydrogens (tertiary/aromatic N) is 5. The van der Waals surface area contributed by atoms with Crippen LogP contribution >= 0.6 is 11.6 Å². The van der Waals surface area contributed by atoms with E-state index in [1.54, 1.807) is 29.6 Å². The van der Waals surface area contributed by atoms with Crippen molar-refractivity contribution in [2.45, 2.75) is 6.54 Å². The molecule has 27 heavy (non-hydrogen) atoms. The molecule has 0 spiro atoms. The topological polar surface area (TPSA) is 108 Å². The molecule has 8 nitrogen and oxygen atoms in total. The van der Waals surface area contributed by atoms with Gasteiger partial charge < -0.3 is 15.7 Å². The second-order valence-electron chi connectivity index (χ2n) is 7.38. The zero-order valence-electron chi connectivity index (χ0n) is 14.8. The summed E-state index contributed by atoms with van der Waals surface area (Å²) in [5.74, 6) is 0.359. The van der Waals surface area contributed by atoms with Crippen LogP contribution < -0.4 is 5.73 Å². The first-order valence-corrected chi connectivity index (χ1v) is 9.17. The third kappa shape index (κ3) is 3.36. The largest absolute Gasteiger partial charge is 0.396 e. The highest BCUT2D eigenvalue weighted by molar-refractivity contribution is 6.33. The first-order chi connectivity index (χ1) is 13.0. The number of pyridine rings is 1. The van der Waals surface area contributed by atoms with Crippen molar-refractivity contribution in [1.82, 2.24) is 24.8 Å². The van der Waals surface area contributed by atoms with Gasteiger partial charge in [0.05, 0.1) is 17.2 Å². The first kappa shape index (κ1) is 18.1. The molecule has 142 valence electrons. The van der Waals surface area contributed by atoms with Crippen LogP contribution in [0.2, 0.25) is 5.02 Å². The maximum atomic E-state index is 12.9. The molecule has 0 aliphatic carbocycles. The summed E-state index contributed by atoms with van der Waals surface area (Å²) in [5, 5.41) is 10.5. The number of aliphatic hydroxyl groups excluding tert-OH is 1. The molecule has 0 bridgehead atoms. The Labute approximate surface area is 162 Å². The number of anilines is 1. The number of carbonyl (C=O) groups excluding carboxylic acids is 1. The predicted octanol–water partition coefficient (Wildman–Crippen LogP) is 0.674. The van der Waals surface area contributed by atoms with E-state index in [2.05, 4.69) is 19.9 Å². The number of hydrogen-bond acceptors (Lipinski definition) is 7. The van der Waals surface area contributed by atoms with Crippen LogP contribution in [0.5, 0.6) is 0 Å². The van der Waals surface area contributed by atoms with Gasteiger partial charge in [-0.05, 0) is 12.0 Å². The molecule has 2 saturated heterocycles. The molecule has 2 atom stereocenters. The molecule has 2 aliphatic rings. The fourth-order valence-electron chi connectivity index (χ4n) is 4.21. The molecular weight excluding hydrogens is 368 g/mol. The van der Waals surface area contributed by atoms with Gasteiger partial charge in [-0.25, -0.2) is 9.97 Å². The number of fused-ring (bicyclic) bond motifs is 1. The van der Waals surface area contributed by atoms with Gasteiger partial charge in [-0.15, -0.1) is 0 Å². The van der Waals surface area contributed by atoms with Gasteiger partial charge in [-0.1, -0.05) is 11.6 Å². The highest BCUT2D eigenvalue weighted by Gasteiger charge is 2.53. The highest BCUT2D eigenvalue weighted by atomic mass is 35.5. The Morgan fingerprint density at radius 2 is 2.07 bits per heavy atom. The van der Waals surface area contributed by atoms with Crippen molar-refractivity contribution in [3.8, 4) is 0 Å². The van der Waals surface area contributed by atoms with Crippen molar-refractivity contribution >= 4 is 23.5 Å². The van der Waals surface area contributed by atoms with E-state index < -0.39 is 0 Å².